The van der Waals surface area contributed by atoms with Gasteiger partial charge in [0.1, 0.15) is 21.8 Å². The molecule has 0 saturated carbocycles. The fraction of sp³-hybridized carbons (Fsp3) is 0.118. The molecule has 4 aromatic rings. The molecule has 0 aliphatic heterocycles. The molecule has 7 heteroatoms. The van der Waals surface area contributed by atoms with Gasteiger partial charge in [-0.25, -0.2) is 0 Å². The first-order valence-electron chi connectivity index (χ1n) is 7.26. The molecule has 0 atom stereocenters. The molecule has 0 spiro atoms. The molecule has 0 radical (unpaired) electrons. The summed E-state index contributed by atoms with van der Waals surface area (Å²) in [4.78, 5) is 17.5. The number of hydrogen-bond donors (Lipinski definition) is 0. The third kappa shape index (κ3) is 2.48. The third-order valence-corrected chi connectivity index (χ3v) is 4.52. The van der Waals surface area contributed by atoms with E-state index in [1.54, 1.807) is 13.2 Å². The van der Waals surface area contributed by atoms with Gasteiger partial charge >= 0.3 is 0 Å². The Balaban J connectivity index is 1.77. The van der Waals surface area contributed by atoms with Crippen LogP contribution in [0.25, 0.3) is 22.4 Å². The number of furan rings is 1. The van der Waals surface area contributed by atoms with Crippen molar-refractivity contribution in [3.63, 3.8) is 0 Å². The van der Waals surface area contributed by atoms with Crippen molar-refractivity contribution in [3.8, 4) is 17.1 Å². The highest BCUT2D eigenvalue weighted by Gasteiger charge is 2.12. The summed E-state index contributed by atoms with van der Waals surface area (Å²) in [6, 6.07) is 11.1. The van der Waals surface area contributed by atoms with Gasteiger partial charge in [-0.1, -0.05) is 11.3 Å². The molecule has 3 aromatic heterocycles. The molecule has 3 heterocycles. The molecule has 1 aromatic carbocycles. The minimum atomic E-state index is -0.198. The molecule has 0 amide bonds. The highest BCUT2D eigenvalue weighted by Crippen LogP contribution is 2.20. The van der Waals surface area contributed by atoms with Gasteiger partial charge in [-0.05, 0) is 43.3 Å². The normalized spacial score (nSPS) is 12.2. The van der Waals surface area contributed by atoms with Gasteiger partial charge < -0.3 is 9.15 Å². The van der Waals surface area contributed by atoms with Crippen molar-refractivity contribution in [3.05, 3.63) is 62.8 Å². The Morgan fingerprint density at radius 3 is 2.62 bits per heavy atom. The number of hydrogen-bond acceptors (Lipinski definition) is 6. The fourth-order valence-corrected chi connectivity index (χ4v) is 3.24. The van der Waals surface area contributed by atoms with Crippen LogP contribution in [0.5, 0.6) is 5.75 Å². The van der Waals surface area contributed by atoms with Crippen molar-refractivity contribution >= 4 is 22.4 Å². The average Bonchev–Trinajstić information content (AvgIpc) is 3.26. The average molecular weight is 339 g/mol. The van der Waals surface area contributed by atoms with Crippen LogP contribution in [0.15, 0.2) is 45.6 Å². The smallest absolute Gasteiger partial charge is 0.291 e. The van der Waals surface area contributed by atoms with Crippen LogP contribution in [0.3, 0.4) is 0 Å². The Morgan fingerprint density at radius 2 is 2.00 bits per heavy atom. The van der Waals surface area contributed by atoms with Gasteiger partial charge in [0.25, 0.3) is 5.56 Å². The van der Waals surface area contributed by atoms with Crippen LogP contribution >= 0.6 is 11.3 Å². The van der Waals surface area contributed by atoms with E-state index in [9.17, 15) is 4.79 Å². The van der Waals surface area contributed by atoms with E-state index < -0.39 is 0 Å². The molecule has 6 nitrogen and oxygen atoms in total. The Kier molecular flexibility index (Phi) is 3.42. The van der Waals surface area contributed by atoms with E-state index in [1.807, 2.05) is 43.3 Å². The van der Waals surface area contributed by atoms with Gasteiger partial charge in [0.15, 0.2) is 5.82 Å². The van der Waals surface area contributed by atoms with Gasteiger partial charge in [0.2, 0.25) is 4.96 Å². The lowest BCUT2D eigenvalue weighted by Gasteiger charge is -1.99. The Labute approximate surface area is 140 Å². The summed E-state index contributed by atoms with van der Waals surface area (Å²) in [5, 5.41) is 4.32. The SMILES string of the molecule is COc1ccc(-c2nc3s/c(=C/c4ccc(C)o4)c(=O)n3n2)cc1. The van der Waals surface area contributed by atoms with E-state index in [-0.39, 0.29) is 5.56 Å². The Morgan fingerprint density at radius 1 is 1.21 bits per heavy atom. The molecule has 0 aliphatic carbocycles. The lowest BCUT2D eigenvalue weighted by atomic mass is 10.2. The number of aryl methyl sites for hydroxylation is 1. The third-order valence-electron chi connectivity index (χ3n) is 3.56. The molecule has 24 heavy (non-hydrogen) atoms. The van der Waals surface area contributed by atoms with Crippen LogP contribution in [0.1, 0.15) is 11.5 Å². The highest BCUT2D eigenvalue weighted by atomic mass is 32.1. The number of fused-ring (bicyclic) bond motifs is 1. The van der Waals surface area contributed by atoms with Gasteiger partial charge in [0, 0.05) is 11.6 Å². The molecule has 0 aliphatic rings. The van der Waals surface area contributed by atoms with Crippen molar-refractivity contribution in [2.45, 2.75) is 6.92 Å². The van der Waals surface area contributed by atoms with Crippen molar-refractivity contribution in [2.75, 3.05) is 7.11 Å². The van der Waals surface area contributed by atoms with E-state index in [2.05, 4.69) is 10.1 Å². The first kappa shape index (κ1) is 14.6. The van der Waals surface area contributed by atoms with E-state index in [4.69, 9.17) is 9.15 Å². The molecule has 4 rings (SSSR count). The number of methoxy groups -OCH3 is 1. The van der Waals surface area contributed by atoms with Crippen molar-refractivity contribution in [1.82, 2.24) is 14.6 Å². The summed E-state index contributed by atoms with van der Waals surface area (Å²) in [5.41, 5.74) is 0.634. The number of aromatic nitrogens is 3. The largest absolute Gasteiger partial charge is 0.497 e. The lowest BCUT2D eigenvalue weighted by molar-refractivity contribution is 0.415. The predicted molar refractivity (Wildman–Crippen MR) is 91.4 cm³/mol. The van der Waals surface area contributed by atoms with Crippen molar-refractivity contribution < 1.29 is 9.15 Å². The van der Waals surface area contributed by atoms with Gasteiger partial charge in [-0.2, -0.15) is 9.50 Å². The van der Waals surface area contributed by atoms with Crippen molar-refractivity contribution in [2.24, 2.45) is 0 Å². The zero-order valence-corrected chi connectivity index (χ0v) is 13.8. The maximum Gasteiger partial charge on any atom is 0.291 e. The summed E-state index contributed by atoms with van der Waals surface area (Å²) >= 11 is 1.29. The molecule has 0 fully saturated rings. The second-order valence-corrected chi connectivity index (χ2v) is 6.23. The summed E-state index contributed by atoms with van der Waals surface area (Å²) in [6.07, 6.45) is 1.71. The molecule has 0 unspecified atom stereocenters. The minimum absolute atomic E-state index is 0.198. The van der Waals surface area contributed by atoms with E-state index in [1.165, 1.54) is 15.9 Å². The van der Waals surface area contributed by atoms with Crippen LogP contribution in [-0.4, -0.2) is 21.7 Å². The number of nitrogens with zero attached hydrogens (tertiary/aromatic N) is 3. The maximum absolute atomic E-state index is 12.5. The summed E-state index contributed by atoms with van der Waals surface area (Å²) in [6.45, 7) is 1.86. The molecule has 0 N–H and O–H groups in total. The molecule has 0 bridgehead atoms. The zero-order valence-electron chi connectivity index (χ0n) is 13.0. The Hall–Kier alpha value is -2.93. The second kappa shape index (κ2) is 5.61. The number of ether oxygens (including phenoxy) is 1. The summed E-state index contributed by atoms with van der Waals surface area (Å²) in [7, 11) is 1.61. The second-order valence-electron chi connectivity index (χ2n) is 5.22. The van der Waals surface area contributed by atoms with Gasteiger partial charge in [-0.3, -0.25) is 4.79 Å². The summed E-state index contributed by atoms with van der Waals surface area (Å²) in [5.74, 6) is 2.72. The molecule has 0 saturated heterocycles. The van der Waals surface area contributed by atoms with Crippen LogP contribution < -0.4 is 14.8 Å². The van der Waals surface area contributed by atoms with Gasteiger partial charge in [0.05, 0.1) is 7.11 Å². The van der Waals surface area contributed by atoms with Crippen LogP contribution in [0.4, 0.5) is 0 Å². The number of rotatable bonds is 3. The summed E-state index contributed by atoms with van der Waals surface area (Å²) < 4.78 is 12.5. The number of thiazole rings is 1. The van der Waals surface area contributed by atoms with E-state index in [0.29, 0.717) is 21.1 Å². The quantitative estimate of drug-likeness (QED) is 0.573. The van der Waals surface area contributed by atoms with E-state index >= 15 is 0 Å². The first-order chi connectivity index (χ1) is 11.6. The predicted octanol–water partition coefficient (Wildman–Crippen LogP) is 2.28. The molecular weight excluding hydrogens is 326 g/mol. The van der Waals surface area contributed by atoms with Crippen LogP contribution in [-0.2, 0) is 0 Å². The van der Waals surface area contributed by atoms with Crippen LogP contribution in [0.2, 0.25) is 0 Å². The molecular formula is C17H13N3O3S. The fourth-order valence-electron chi connectivity index (χ4n) is 2.36. The topological polar surface area (TPSA) is 69.6 Å². The van der Waals surface area contributed by atoms with Crippen LogP contribution in [0, 0.1) is 6.92 Å². The Bertz CT molecular complexity index is 1120. The maximum atomic E-state index is 12.5. The zero-order chi connectivity index (χ0) is 16.7. The highest BCUT2D eigenvalue weighted by molar-refractivity contribution is 7.15. The monoisotopic (exact) mass is 339 g/mol. The lowest BCUT2D eigenvalue weighted by Crippen LogP contribution is -2.23. The minimum Gasteiger partial charge on any atom is -0.497 e. The van der Waals surface area contributed by atoms with Crippen molar-refractivity contribution in [1.29, 1.82) is 0 Å². The van der Waals surface area contributed by atoms with E-state index in [0.717, 1.165) is 17.1 Å². The standard InChI is InChI=1S/C17H13N3O3S/c1-10-3-6-13(23-10)9-14-16(21)20-17(24-14)18-15(19-20)11-4-7-12(22-2)8-5-11/h3-9H,1-2H3/b14-9+. The number of benzene rings is 1. The molecule has 120 valence electrons. The first-order valence-corrected chi connectivity index (χ1v) is 8.08. The van der Waals surface area contributed by atoms with Gasteiger partial charge in [-0.15, -0.1) is 5.10 Å².